The summed E-state index contributed by atoms with van der Waals surface area (Å²) in [7, 11) is 0. The maximum Gasteiger partial charge on any atom is 0.248 e. The Bertz CT molecular complexity index is 675. The SMILES string of the molecule is CC(O)C(=O)NC1CCN(Cc2ccc(-c3ccccc3)cc2)CC1. The van der Waals surface area contributed by atoms with E-state index in [4.69, 9.17) is 0 Å². The van der Waals surface area contributed by atoms with Crippen molar-refractivity contribution in [3.8, 4) is 11.1 Å². The van der Waals surface area contributed by atoms with Crippen LogP contribution in [0.2, 0.25) is 0 Å². The van der Waals surface area contributed by atoms with Crippen molar-refractivity contribution in [3.63, 3.8) is 0 Å². The van der Waals surface area contributed by atoms with Crippen LogP contribution >= 0.6 is 0 Å². The molecule has 1 fully saturated rings. The third-order valence-electron chi connectivity index (χ3n) is 4.78. The van der Waals surface area contributed by atoms with Crippen LogP contribution in [0.3, 0.4) is 0 Å². The van der Waals surface area contributed by atoms with Gasteiger partial charge < -0.3 is 10.4 Å². The van der Waals surface area contributed by atoms with Gasteiger partial charge in [-0.3, -0.25) is 9.69 Å². The van der Waals surface area contributed by atoms with E-state index in [9.17, 15) is 9.90 Å². The monoisotopic (exact) mass is 338 g/mol. The molecule has 0 aromatic heterocycles. The highest BCUT2D eigenvalue weighted by atomic mass is 16.3. The van der Waals surface area contributed by atoms with Crippen molar-refractivity contribution in [2.75, 3.05) is 13.1 Å². The number of piperidine rings is 1. The molecule has 1 amide bonds. The zero-order chi connectivity index (χ0) is 17.6. The minimum atomic E-state index is -0.929. The molecule has 132 valence electrons. The Hall–Kier alpha value is -2.17. The van der Waals surface area contributed by atoms with Crippen LogP contribution < -0.4 is 5.32 Å². The van der Waals surface area contributed by atoms with Gasteiger partial charge in [0.1, 0.15) is 6.10 Å². The first kappa shape index (κ1) is 17.6. The molecule has 0 saturated carbocycles. The summed E-state index contributed by atoms with van der Waals surface area (Å²) in [6.07, 6.45) is 0.933. The summed E-state index contributed by atoms with van der Waals surface area (Å²) < 4.78 is 0. The molecule has 2 N–H and O–H groups in total. The molecule has 1 aliphatic heterocycles. The molecule has 0 aliphatic carbocycles. The van der Waals surface area contributed by atoms with E-state index in [0.717, 1.165) is 32.5 Å². The molecular weight excluding hydrogens is 312 g/mol. The molecule has 25 heavy (non-hydrogen) atoms. The molecule has 0 radical (unpaired) electrons. The average Bonchev–Trinajstić information content (AvgIpc) is 2.64. The summed E-state index contributed by atoms with van der Waals surface area (Å²) in [6, 6.07) is 19.3. The van der Waals surface area contributed by atoms with Crippen LogP contribution in [-0.4, -0.2) is 41.1 Å². The highest BCUT2D eigenvalue weighted by molar-refractivity contribution is 5.80. The molecule has 2 aromatic rings. The fourth-order valence-electron chi connectivity index (χ4n) is 3.25. The van der Waals surface area contributed by atoms with E-state index in [1.54, 1.807) is 0 Å². The third-order valence-corrected chi connectivity index (χ3v) is 4.78. The molecule has 1 unspecified atom stereocenters. The molecule has 1 aliphatic rings. The lowest BCUT2D eigenvalue weighted by Gasteiger charge is -2.32. The highest BCUT2D eigenvalue weighted by Gasteiger charge is 2.22. The Balaban J connectivity index is 1.50. The topological polar surface area (TPSA) is 52.6 Å². The minimum Gasteiger partial charge on any atom is -0.384 e. The van der Waals surface area contributed by atoms with Crippen LogP contribution in [0.25, 0.3) is 11.1 Å². The van der Waals surface area contributed by atoms with Crippen molar-refractivity contribution in [2.45, 2.75) is 38.5 Å². The number of rotatable bonds is 5. The normalized spacial score (nSPS) is 17.2. The fraction of sp³-hybridized carbons (Fsp3) is 0.381. The molecule has 1 saturated heterocycles. The smallest absolute Gasteiger partial charge is 0.248 e. The van der Waals surface area contributed by atoms with Gasteiger partial charge >= 0.3 is 0 Å². The van der Waals surface area contributed by atoms with Crippen molar-refractivity contribution in [1.82, 2.24) is 10.2 Å². The number of nitrogens with one attached hydrogen (secondary N) is 1. The van der Waals surface area contributed by atoms with Crippen molar-refractivity contribution in [2.24, 2.45) is 0 Å². The van der Waals surface area contributed by atoms with Gasteiger partial charge in [-0.1, -0.05) is 54.6 Å². The lowest BCUT2D eigenvalue weighted by molar-refractivity contribution is -0.129. The Labute approximate surface area is 149 Å². The standard InChI is InChI=1S/C21H26N2O2/c1-16(24)21(25)22-20-11-13-23(14-12-20)15-17-7-9-19(10-8-17)18-5-3-2-4-6-18/h2-10,16,20,24H,11-15H2,1H3,(H,22,25). The number of carbonyl (C=O) groups excluding carboxylic acids is 1. The van der Waals surface area contributed by atoms with Crippen molar-refractivity contribution >= 4 is 5.91 Å². The van der Waals surface area contributed by atoms with Gasteiger partial charge in [-0.25, -0.2) is 0 Å². The molecule has 2 aromatic carbocycles. The van der Waals surface area contributed by atoms with E-state index in [1.165, 1.54) is 23.6 Å². The van der Waals surface area contributed by atoms with Gasteiger partial charge in [-0.05, 0) is 36.5 Å². The number of carbonyl (C=O) groups is 1. The zero-order valence-electron chi connectivity index (χ0n) is 14.7. The van der Waals surface area contributed by atoms with Crippen LogP contribution in [0.15, 0.2) is 54.6 Å². The zero-order valence-corrected chi connectivity index (χ0v) is 14.7. The van der Waals surface area contributed by atoms with Crippen molar-refractivity contribution < 1.29 is 9.90 Å². The van der Waals surface area contributed by atoms with E-state index >= 15 is 0 Å². The number of aliphatic hydroxyl groups excluding tert-OH is 1. The summed E-state index contributed by atoms with van der Waals surface area (Å²) in [5, 5.41) is 12.2. The number of hydrogen-bond acceptors (Lipinski definition) is 3. The molecule has 3 rings (SSSR count). The second kappa shape index (κ2) is 8.28. The van der Waals surface area contributed by atoms with Gasteiger partial charge in [0.25, 0.3) is 0 Å². The van der Waals surface area contributed by atoms with Crippen LogP contribution in [0, 0.1) is 0 Å². The molecular formula is C21H26N2O2. The van der Waals surface area contributed by atoms with Gasteiger partial charge in [0.15, 0.2) is 0 Å². The minimum absolute atomic E-state index is 0.179. The summed E-state index contributed by atoms with van der Waals surface area (Å²) in [6.45, 7) is 4.37. The molecule has 1 heterocycles. The number of amides is 1. The molecule has 1 atom stereocenters. The van der Waals surface area contributed by atoms with Crippen LogP contribution in [0.5, 0.6) is 0 Å². The number of benzene rings is 2. The average molecular weight is 338 g/mol. The van der Waals surface area contributed by atoms with Gasteiger partial charge in [0, 0.05) is 25.7 Å². The summed E-state index contributed by atoms with van der Waals surface area (Å²) in [5.41, 5.74) is 3.79. The first-order valence-corrected chi connectivity index (χ1v) is 8.97. The van der Waals surface area contributed by atoms with Gasteiger partial charge in [0.2, 0.25) is 5.91 Å². The molecule has 4 heteroatoms. The van der Waals surface area contributed by atoms with E-state index in [2.05, 4.69) is 58.7 Å². The van der Waals surface area contributed by atoms with Crippen LogP contribution in [-0.2, 0) is 11.3 Å². The van der Waals surface area contributed by atoms with Crippen LogP contribution in [0.4, 0.5) is 0 Å². The second-order valence-corrected chi connectivity index (χ2v) is 6.80. The number of likely N-dealkylation sites (tertiary alicyclic amines) is 1. The fourth-order valence-corrected chi connectivity index (χ4v) is 3.25. The largest absolute Gasteiger partial charge is 0.384 e. The van der Waals surface area contributed by atoms with E-state index < -0.39 is 6.10 Å². The first-order valence-electron chi connectivity index (χ1n) is 8.97. The maximum absolute atomic E-state index is 11.6. The summed E-state index contributed by atoms with van der Waals surface area (Å²) in [5.74, 6) is -0.269. The van der Waals surface area contributed by atoms with E-state index in [0.29, 0.717) is 0 Å². The lowest BCUT2D eigenvalue weighted by atomic mass is 10.0. The maximum atomic E-state index is 11.6. The first-order chi connectivity index (χ1) is 12.1. The van der Waals surface area contributed by atoms with Crippen molar-refractivity contribution in [1.29, 1.82) is 0 Å². The quantitative estimate of drug-likeness (QED) is 0.881. The predicted octanol–water partition coefficient (Wildman–Crippen LogP) is 2.82. The van der Waals surface area contributed by atoms with Crippen LogP contribution in [0.1, 0.15) is 25.3 Å². The van der Waals surface area contributed by atoms with Crippen molar-refractivity contribution in [3.05, 3.63) is 60.2 Å². The van der Waals surface area contributed by atoms with Gasteiger partial charge in [0.05, 0.1) is 0 Å². The highest BCUT2D eigenvalue weighted by Crippen LogP contribution is 2.20. The number of nitrogens with zero attached hydrogens (tertiary/aromatic N) is 1. The van der Waals surface area contributed by atoms with E-state index in [1.807, 2.05) is 6.07 Å². The number of hydrogen-bond donors (Lipinski definition) is 2. The Kier molecular flexibility index (Phi) is 5.84. The predicted molar refractivity (Wildman–Crippen MR) is 100 cm³/mol. The molecule has 0 bridgehead atoms. The van der Waals surface area contributed by atoms with Gasteiger partial charge in [-0.2, -0.15) is 0 Å². The summed E-state index contributed by atoms with van der Waals surface area (Å²) >= 11 is 0. The number of aliphatic hydroxyl groups is 1. The second-order valence-electron chi connectivity index (χ2n) is 6.80. The van der Waals surface area contributed by atoms with E-state index in [-0.39, 0.29) is 11.9 Å². The Morgan fingerprint density at radius 1 is 1.08 bits per heavy atom. The molecule has 0 spiro atoms. The molecule has 4 nitrogen and oxygen atoms in total. The Morgan fingerprint density at radius 2 is 1.68 bits per heavy atom. The lowest BCUT2D eigenvalue weighted by Crippen LogP contribution is -2.46. The Morgan fingerprint density at radius 3 is 2.28 bits per heavy atom. The van der Waals surface area contributed by atoms with Gasteiger partial charge in [-0.15, -0.1) is 0 Å². The summed E-state index contributed by atoms with van der Waals surface area (Å²) in [4.78, 5) is 14.0. The third kappa shape index (κ3) is 4.91.